The molecule has 0 radical (unpaired) electrons. The second kappa shape index (κ2) is 8.20. The first kappa shape index (κ1) is 20.6. The first-order chi connectivity index (χ1) is 14.3. The molecule has 1 aliphatic heterocycles. The van der Waals surface area contributed by atoms with Crippen molar-refractivity contribution in [2.24, 2.45) is 0 Å². The molecular formula is C24H26N2O3S. The number of nitrogens with zero attached hydrogens (tertiary/aromatic N) is 1. The molecule has 1 aromatic heterocycles. The molecule has 1 N–H and O–H groups in total. The maximum absolute atomic E-state index is 13.0. The van der Waals surface area contributed by atoms with Gasteiger partial charge in [0, 0.05) is 17.3 Å². The van der Waals surface area contributed by atoms with Crippen LogP contribution in [0.1, 0.15) is 29.3 Å². The Hall–Kier alpha value is -2.70. The number of aromatic nitrogens is 1. The molecule has 0 saturated carbocycles. The van der Waals surface area contributed by atoms with Crippen molar-refractivity contribution >= 4 is 10.0 Å². The second-order valence-electron chi connectivity index (χ2n) is 8.05. The number of benzene rings is 2. The zero-order chi connectivity index (χ0) is 21.3. The Morgan fingerprint density at radius 3 is 2.30 bits per heavy atom. The van der Waals surface area contributed by atoms with E-state index in [0.717, 1.165) is 22.4 Å². The summed E-state index contributed by atoms with van der Waals surface area (Å²) in [4.78, 5) is 13.0. The summed E-state index contributed by atoms with van der Waals surface area (Å²) in [7, 11) is -3.38. The highest BCUT2D eigenvalue weighted by molar-refractivity contribution is 7.88. The van der Waals surface area contributed by atoms with Gasteiger partial charge in [0.25, 0.3) is 5.56 Å². The van der Waals surface area contributed by atoms with Crippen LogP contribution in [0.5, 0.6) is 0 Å². The van der Waals surface area contributed by atoms with Gasteiger partial charge in [-0.15, -0.1) is 0 Å². The van der Waals surface area contributed by atoms with Gasteiger partial charge < -0.3 is 4.57 Å². The van der Waals surface area contributed by atoms with Crippen LogP contribution in [0.4, 0.5) is 0 Å². The molecule has 5 nitrogen and oxygen atoms in total. The predicted octanol–water partition coefficient (Wildman–Crippen LogP) is 3.47. The molecule has 2 aromatic carbocycles. The molecule has 2 unspecified atom stereocenters. The topological polar surface area (TPSA) is 68.2 Å². The highest BCUT2D eigenvalue weighted by atomic mass is 32.2. The van der Waals surface area contributed by atoms with E-state index in [0.29, 0.717) is 24.8 Å². The van der Waals surface area contributed by atoms with Gasteiger partial charge in [-0.1, -0.05) is 60.7 Å². The average molecular weight is 423 g/mol. The van der Waals surface area contributed by atoms with E-state index < -0.39 is 10.0 Å². The fourth-order valence-corrected chi connectivity index (χ4v) is 5.11. The van der Waals surface area contributed by atoms with Gasteiger partial charge in [0.05, 0.1) is 12.3 Å². The van der Waals surface area contributed by atoms with E-state index in [1.54, 1.807) is 11.5 Å². The molecule has 1 aliphatic rings. The minimum Gasteiger partial charge on any atom is -0.307 e. The lowest BCUT2D eigenvalue weighted by molar-refractivity contribution is 0.315. The summed E-state index contributed by atoms with van der Waals surface area (Å²) in [6, 6.07) is 21.7. The molecule has 0 aliphatic carbocycles. The minimum absolute atomic E-state index is 0.0431. The van der Waals surface area contributed by atoms with Crippen molar-refractivity contribution in [3.63, 3.8) is 0 Å². The SMILES string of the molecule is Cc1ccc2n(c1=O)C(Cc1ccc(-c3ccccc3)cc1)C(NS(C)(=O)=O)CC2. The van der Waals surface area contributed by atoms with Crippen LogP contribution in [0.15, 0.2) is 71.5 Å². The number of sulfonamides is 1. The highest BCUT2D eigenvalue weighted by Crippen LogP contribution is 2.29. The third-order valence-electron chi connectivity index (χ3n) is 5.77. The van der Waals surface area contributed by atoms with Crippen molar-refractivity contribution in [1.29, 1.82) is 0 Å². The summed E-state index contributed by atoms with van der Waals surface area (Å²) in [6.07, 6.45) is 3.10. The van der Waals surface area contributed by atoms with E-state index in [1.165, 1.54) is 6.26 Å². The van der Waals surface area contributed by atoms with Crippen LogP contribution in [-0.4, -0.2) is 25.3 Å². The van der Waals surface area contributed by atoms with E-state index in [9.17, 15) is 13.2 Å². The number of aryl methyl sites for hydroxylation is 2. The van der Waals surface area contributed by atoms with Crippen LogP contribution in [0.2, 0.25) is 0 Å². The Morgan fingerprint density at radius 2 is 1.63 bits per heavy atom. The number of rotatable bonds is 5. The molecule has 4 rings (SSSR count). The molecule has 3 aromatic rings. The number of hydrogen-bond acceptors (Lipinski definition) is 3. The minimum atomic E-state index is -3.38. The fourth-order valence-electron chi connectivity index (χ4n) is 4.29. The fraction of sp³-hybridized carbons (Fsp3) is 0.292. The number of nitrogens with one attached hydrogen (secondary N) is 1. The van der Waals surface area contributed by atoms with Gasteiger partial charge in [0.2, 0.25) is 10.0 Å². The molecule has 0 bridgehead atoms. The zero-order valence-electron chi connectivity index (χ0n) is 17.2. The largest absolute Gasteiger partial charge is 0.307 e. The van der Waals surface area contributed by atoms with E-state index in [-0.39, 0.29) is 17.6 Å². The van der Waals surface area contributed by atoms with E-state index in [4.69, 9.17) is 0 Å². The monoisotopic (exact) mass is 422 g/mol. The molecule has 2 atom stereocenters. The van der Waals surface area contributed by atoms with Crippen molar-refractivity contribution in [2.75, 3.05) is 6.26 Å². The maximum atomic E-state index is 13.0. The second-order valence-corrected chi connectivity index (χ2v) is 9.83. The summed E-state index contributed by atoms with van der Waals surface area (Å²) < 4.78 is 28.5. The predicted molar refractivity (Wildman–Crippen MR) is 120 cm³/mol. The molecule has 6 heteroatoms. The van der Waals surface area contributed by atoms with Gasteiger partial charge in [-0.3, -0.25) is 4.79 Å². The van der Waals surface area contributed by atoms with Crippen LogP contribution in [0.25, 0.3) is 11.1 Å². The van der Waals surface area contributed by atoms with Crippen molar-refractivity contribution < 1.29 is 8.42 Å². The number of pyridine rings is 1. The molecule has 0 amide bonds. The third kappa shape index (κ3) is 4.40. The molecule has 0 fully saturated rings. The Kier molecular flexibility index (Phi) is 5.62. The Balaban J connectivity index is 1.69. The lowest BCUT2D eigenvalue weighted by Gasteiger charge is -2.35. The van der Waals surface area contributed by atoms with E-state index >= 15 is 0 Å². The van der Waals surface area contributed by atoms with Gasteiger partial charge in [-0.25, -0.2) is 13.1 Å². The summed E-state index contributed by atoms with van der Waals surface area (Å²) in [6.45, 7) is 1.80. The quantitative estimate of drug-likeness (QED) is 0.685. The highest BCUT2D eigenvalue weighted by Gasteiger charge is 2.32. The van der Waals surface area contributed by atoms with Crippen molar-refractivity contribution in [2.45, 2.75) is 38.3 Å². The van der Waals surface area contributed by atoms with Crippen LogP contribution in [-0.2, 0) is 22.9 Å². The summed E-state index contributed by atoms with van der Waals surface area (Å²) in [5, 5.41) is 0. The van der Waals surface area contributed by atoms with Crippen LogP contribution >= 0.6 is 0 Å². The van der Waals surface area contributed by atoms with Gasteiger partial charge >= 0.3 is 0 Å². The Labute approximate surface area is 177 Å². The summed E-state index contributed by atoms with van der Waals surface area (Å²) in [5.74, 6) is 0. The Bertz CT molecular complexity index is 1200. The molecule has 2 heterocycles. The first-order valence-corrected chi connectivity index (χ1v) is 12.0. The normalized spacial score (nSPS) is 18.7. The third-order valence-corrected chi connectivity index (χ3v) is 6.50. The standard InChI is InChI=1S/C24H26N2O3S/c1-17-8-13-21-14-15-22(25-30(2,28)29)23(26(21)24(17)27)16-18-9-11-20(12-10-18)19-6-4-3-5-7-19/h3-13,22-23,25H,14-16H2,1-2H3. The van der Waals surface area contributed by atoms with Crippen molar-refractivity contribution in [1.82, 2.24) is 9.29 Å². The molecule has 0 spiro atoms. The van der Waals surface area contributed by atoms with Crippen molar-refractivity contribution in [3.8, 4) is 11.1 Å². The molecule has 156 valence electrons. The molecule has 30 heavy (non-hydrogen) atoms. The Morgan fingerprint density at radius 1 is 0.967 bits per heavy atom. The van der Waals surface area contributed by atoms with Crippen LogP contribution in [0, 0.1) is 6.92 Å². The number of hydrogen-bond donors (Lipinski definition) is 1. The first-order valence-electron chi connectivity index (χ1n) is 10.1. The van der Waals surface area contributed by atoms with Gasteiger partial charge in [0.15, 0.2) is 0 Å². The lowest BCUT2D eigenvalue weighted by Crippen LogP contribution is -2.48. The van der Waals surface area contributed by atoms with Gasteiger partial charge in [0.1, 0.15) is 0 Å². The van der Waals surface area contributed by atoms with Gasteiger partial charge in [-0.2, -0.15) is 0 Å². The van der Waals surface area contributed by atoms with Crippen LogP contribution < -0.4 is 10.3 Å². The average Bonchev–Trinajstić information content (AvgIpc) is 2.72. The lowest BCUT2D eigenvalue weighted by atomic mass is 9.90. The summed E-state index contributed by atoms with van der Waals surface area (Å²) >= 11 is 0. The molecular weight excluding hydrogens is 396 g/mol. The summed E-state index contributed by atoms with van der Waals surface area (Å²) in [5.41, 5.74) is 4.93. The van der Waals surface area contributed by atoms with Crippen molar-refractivity contribution in [3.05, 3.63) is 93.9 Å². The van der Waals surface area contributed by atoms with Crippen LogP contribution in [0.3, 0.4) is 0 Å². The van der Waals surface area contributed by atoms with E-state index in [1.807, 2.05) is 30.3 Å². The number of fused-ring (bicyclic) bond motifs is 1. The zero-order valence-corrected chi connectivity index (χ0v) is 18.0. The van der Waals surface area contributed by atoms with Gasteiger partial charge in [-0.05, 0) is 48.9 Å². The maximum Gasteiger partial charge on any atom is 0.253 e. The molecule has 0 saturated heterocycles. The van der Waals surface area contributed by atoms with E-state index in [2.05, 4.69) is 41.1 Å². The smallest absolute Gasteiger partial charge is 0.253 e.